The highest BCUT2D eigenvalue weighted by Crippen LogP contribution is 2.29. The first-order valence-corrected chi connectivity index (χ1v) is 6.53. The van der Waals surface area contributed by atoms with Crippen LogP contribution in [0, 0.1) is 0 Å². The Kier molecular flexibility index (Phi) is 3.10. The van der Waals surface area contributed by atoms with Crippen LogP contribution in [0.5, 0.6) is 0 Å². The van der Waals surface area contributed by atoms with E-state index in [1.807, 2.05) is 0 Å². The molecule has 0 spiro atoms. The van der Waals surface area contributed by atoms with E-state index >= 15 is 0 Å². The maximum Gasteiger partial charge on any atom is 0.135 e. The van der Waals surface area contributed by atoms with Crippen LogP contribution in [0.1, 0.15) is 43.8 Å². The van der Waals surface area contributed by atoms with E-state index in [0.29, 0.717) is 11.7 Å². The summed E-state index contributed by atoms with van der Waals surface area (Å²) < 4.78 is 0. The number of aromatic nitrogens is 2. The third kappa shape index (κ3) is 1.89. The van der Waals surface area contributed by atoms with Gasteiger partial charge in [0.25, 0.3) is 0 Å². The number of hydrogen-bond donors (Lipinski definition) is 1. The van der Waals surface area contributed by atoms with Gasteiger partial charge in [0.2, 0.25) is 0 Å². The molecule has 86 valence electrons. The Bertz CT molecular complexity index is 504. The SMILES string of the molecule is CCc1cc2c(N)nc(C(C)CC)nc2s1. The summed E-state index contributed by atoms with van der Waals surface area (Å²) in [6, 6.07) is 2.11. The van der Waals surface area contributed by atoms with Crippen molar-refractivity contribution in [2.75, 3.05) is 5.73 Å². The van der Waals surface area contributed by atoms with Crippen LogP contribution in [0.3, 0.4) is 0 Å². The van der Waals surface area contributed by atoms with E-state index in [0.717, 1.165) is 28.9 Å². The Morgan fingerprint density at radius 2 is 2.12 bits per heavy atom. The van der Waals surface area contributed by atoms with Gasteiger partial charge in [-0.05, 0) is 18.9 Å². The summed E-state index contributed by atoms with van der Waals surface area (Å²) in [5.74, 6) is 1.87. The lowest BCUT2D eigenvalue weighted by atomic mass is 10.1. The highest BCUT2D eigenvalue weighted by atomic mass is 32.1. The molecule has 2 aromatic heterocycles. The summed E-state index contributed by atoms with van der Waals surface area (Å²) in [5.41, 5.74) is 5.97. The minimum absolute atomic E-state index is 0.374. The molecular formula is C12H17N3S. The van der Waals surface area contributed by atoms with Gasteiger partial charge in [-0.2, -0.15) is 0 Å². The summed E-state index contributed by atoms with van der Waals surface area (Å²) in [5, 5.41) is 1.01. The second kappa shape index (κ2) is 4.37. The van der Waals surface area contributed by atoms with Gasteiger partial charge >= 0.3 is 0 Å². The van der Waals surface area contributed by atoms with Crippen molar-refractivity contribution in [3.8, 4) is 0 Å². The highest BCUT2D eigenvalue weighted by Gasteiger charge is 2.12. The number of nitrogens with zero attached hydrogens (tertiary/aromatic N) is 2. The molecular weight excluding hydrogens is 218 g/mol. The van der Waals surface area contributed by atoms with Gasteiger partial charge in [0.1, 0.15) is 16.5 Å². The van der Waals surface area contributed by atoms with E-state index in [9.17, 15) is 0 Å². The van der Waals surface area contributed by atoms with Crippen molar-refractivity contribution in [3.05, 3.63) is 16.8 Å². The molecule has 2 heterocycles. The van der Waals surface area contributed by atoms with Crippen molar-refractivity contribution in [2.45, 2.75) is 39.5 Å². The standard InChI is InChI=1S/C12H17N3S/c1-4-7(3)11-14-10(13)9-6-8(5-2)16-12(9)15-11/h6-7H,4-5H2,1-3H3,(H2,13,14,15). The normalized spacial score (nSPS) is 13.2. The molecule has 0 aliphatic carbocycles. The van der Waals surface area contributed by atoms with E-state index in [-0.39, 0.29) is 0 Å². The van der Waals surface area contributed by atoms with Crippen molar-refractivity contribution in [1.29, 1.82) is 0 Å². The van der Waals surface area contributed by atoms with Gasteiger partial charge in [-0.3, -0.25) is 0 Å². The Labute approximate surface area is 99.7 Å². The fraction of sp³-hybridized carbons (Fsp3) is 0.500. The lowest BCUT2D eigenvalue weighted by Crippen LogP contribution is -2.02. The molecule has 0 aliphatic heterocycles. The number of aryl methyl sites for hydroxylation is 1. The van der Waals surface area contributed by atoms with E-state index in [2.05, 4.69) is 36.8 Å². The smallest absolute Gasteiger partial charge is 0.135 e. The van der Waals surface area contributed by atoms with Crippen LogP contribution in [-0.2, 0) is 6.42 Å². The summed E-state index contributed by atoms with van der Waals surface area (Å²) >= 11 is 1.72. The van der Waals surface area contributed by atoms with Crippen molar-refractivity contribution in [1.82, 2.24) is 9.97 Å². The molecule has 0 radical (unpaired) electrons. The van der Waals surface area contributed by atoms with Crippen molar-refractivity contribution in [3.63, 3.8) is 0 Å². The van der Waals surface area contributed by atoms with Gasteiger partial charge in [-0.1, -0.05) is 20.8 Å². The molecule has 4 heteroatoms. The average molecular weight is 235 g/mol. The van der Waals surface area contributed by atoms with Crippen LogP contribution in [0.2, 0.25) is 0 Å². The highest BCUT2D eigenvalue weighted by molar-refractivity contribution is 7.18. The molecule has 0 aromatic carbocycles. The zero-order chi connectivity index (χ0) is 11.7. The predicted octanol–water partition coefficient (Wildman–Crippen LogP) is 3.35. The monoisotopic (exact) mass is 235 g/mol. The first kappa shape index (κ1) is 11.3. The molecule has 2 aromatic rings. The van der Waals surface area contributed by atoms with Crippen LogP contribution in [0.15, 0.2) is 6.07 Å². The molecule has 2 rings (SSSR count). The Morgan fingerprint density at radius 3 is 2.75 bits per heavy atom. The van der Waals surface area contributed by atoms with Gasteiger partial charge in [0, 0.05) is 10.8 Å². The first-order chi connectivity index (χ1) is 7.65. The minimum Gasteiger partial charge on any atom is -0.383 e. The second-order valence-electron chi connectivity index (χ2n) is 4.06. The van der Waals surface area contributed by atoms with E-state index in [4.69, 9.17) is 5.73 Å². The lowest BCUT2D eigenvalue weighted by molar-refractivity contribution is 0.685. The van der Waals surface area contributed by atoms with Crippen molar-refractivity contribution < 1.29 is 0 Å². The minimum atomic E-state index is 0.374. The molecule has 1 atom stereocenters. The molecule has 0 aliphatic rings. The topological polar surface area (TPSA) is 51.8 Å². The molecule has 0 fully saturated rings. The van der Waals surface area contributed by atoms with Gasteiger partial charge in [-0.25, -0.2) is 9.97 Å². The Morgan fingerprint density at radius 1 is 1.38 bits per heavy atom. The number of thiophene rings is 1. The molecule has 0 saturated heterocycles. The zero-order valence-corrected chi connectivity index (χ0v) is 10.8. The van der Waals surface area contributed by atoms with Crippen LogP contribution in [-0.4, -0.2) is 9.97 Å². The van der Waals surface area contributed by atoms with Crippen molar-refractivity contribution >= 4 is 27.4 Å². The number of nitrogen functional groups attached to an aromatic ring is 1. The van der Waals surface area contributed by atoms with E-state index < -0.39 is 0 Å². The van der Waals surface area contributed by atoms with Crippen LogP contribution < -0.4 is 5.73 Å². The lowest BCUT2D eigenvalue weighted by Gasteiger charge is -2.07. The number of fused-ring (bicyclic) bond motifs is 1. The third-order valence-corrected chi connectivity index (χ3v) is 4.07. The predicted molar refractivity (Wildman–Crippen MR) is 69.9 cm³/mol. The molecule has 1 unspecified atom stereocenters. The zero-order valence-electron chi connectivity index (χ0n) is 9.95. The number of nitrogens with two attached hydrogens (primary N) is 1. The van der Waals surface area contributed by atoms with E-state index in [1.165, 1.54) is 4.88 Å². The number of rotatable bonds is 3. The first-order valence-electron chi connectivity index (χ1n) is 5.71. The van der Waals surface area contributed by atoms with Crippen LogP contribution in [0.4, 0.5) is 5.82 Å². The van der Waals surface area contributed by atoms with Gasteiger partial charge in [-0.15, -0.1) is 11.3 Å². The van der Waals surface area contributed by atoms with Gasteiger partial charge < -0.3 is 5.73 Å². The van der Waals surface area contributed by atoms with Crippen LogP contribution >= 0.6 is 11.3 Å². The van der Waals surface area contributed by atoms with E-state index in [1.54, 1.807) is 11.3 Å². The average Bonchev–Trinajstić information content (AvgIpc) is 2.71. The number of anilines is 1. The quantitative estimate of drug-likeness (QED) is 0.887. The molecule has 0 bridgehead atoms. The van der Waals surface area contributed by atoms with Gasteiger partial charge in [0.15, 0.2) is 0 Å². The maximum absolute atomic E-state index is 5.97. The summed E-state index contributed by atoms with van der Waals surface area (Å²) in [7, 11) is 0. The van der Waals surface area contributed by atoms with Crippen LogP contribution in [0.25, 0.3) is 10.2 Å². The maximum atomic E-state index is 5.97. The second-order valence-corrected chi connectivity index (χ2v) is 5.18. The molecule has 0 amide bonds. The Hall–Kier alpha value is -1.16. The molecule has 2 N–H and O–H groups in total. The number of hydrogen-bond acceptors (Lipinski definition) is 4. The third-order valence-electron chi connectivity index (χ3n) is 2.89. The largest absolute Gasteiger partial charge is 0.383 e. The fourth-order valence-corrected chi connectivity index (χ4v) is 2.57. The Balaban J connectivity index is 2.57. The molecule has 3 nitrogen and oxygen atoms in total. The summed E-state index contributed by atoms with van der Waals surface area (Å²) in [4.78, 5) is 11.3. The van der Waals surface area contributed by atoms with Crippen molar-refractivity contribution in [2.24, 2.45) is 0 Å². The molecule has 0 saturated carbocycles. The summed E-state index contributed by atoms with van der Waals surface area (Å²) in [6.45, 7) is 6.42. The summed E-state index contributed by atoms with van der Waals surface area (Å²) in [6.07, 6.45) is 2.07. The van der Waals surface area contributed by atoms with Gasteiger partial charge in [0.05, 0.1) is 5.39 Å². The molecule has 16 heavy (non-hydrogen) atoms. The fourth-order valence-electron chi connectivity index (χ4n) is 1.59.